The topological polar surface area (TPSA) is 12.5 Å². The lowest BCUT2D eigenvalue weighted by atomic mass is 9.66. The van der Waals surface area contributed by atoms with E-state index >= 15 is 0 Å². The summed E-state index contributed by atoms with van der Waals surface area (Å²) >= 11 is 0. The Morgan fingerprint density at radius 2 is 0.719 bits per heavy atom. The van der Waals surface area contributed by atoms with E-state index in [-0.39, 0.29) is 0 Å². The molecule has 1 aliphatic heterocycles. The number of ether oxygens (including phenoxy) is 1. The average Bonchev–Trinajstić information content (AvgIpc) is 3.59. The Labute approximate surface area is 333 Å². The van der Waals surface area contributed by atoms with Crippen LogP contribution in [0.2, 0.25) is 0 Å². The number of para-hydroxylation sites is 2. The summed E-state index contributed by atoms with van der Waals surface area (Å²) < 4.78 is 6.63. The molecular weight excluding hydrogens is 691 g/mol. The number of anilines is 3. The van der Waals surface area contributed by atoms with Crippen molar-refractivity contribution in [2.24, 2.45) is 0 Å². The molecule has 2 heteroatoms. The molecule has 11 rings (SSSR count). The molecule has 0 radical (unpaired) electrons. The average molecular weight is 728 g/mol. The molecule has 9 aromatic carbocycles. The van der Waals surface area contributed by atoms with Crippen LogP contribution in [0.1, 0.15) is 22.3 Å². The second-order valence-corrected chi connectivity index (χ2v) is 14.8. The fraction of sp³-hybridized carbons (Fsp3) is 0.0182. The highest BCUT2D eigenvalue weighted by atomic mass is 16.5. The molecule has 0 bridgehead atoms. The molecule has 0 saturated carbocycles. The number of hydrogen-bond donors (Lipinski definition) is 0. The standard InChI is InChI=1S/C55H37NO/c1-3-16-38(17-4-1)39-30-34-42(35-31-39)56(43-36-32-41(33-37-43)45-21-8-7-20-44(45)40-18-5-2-6-19-40)51-27-15-26-50-54(51)46-22-9-10-23-47(46)55(50)48-24-11-13-28-52(48)57-53-29-14-12-25-49(53)55/h1-37H. The quantitative estimate of drug-likeness (QED) is 0.169. The van der Waals surface area contributed by atoms with Crippen molar-refractivity contribution < 1.29 is 4.74 Å². The number of benzene rings is 9. The van der Waals surface area contributed by atoms with Crippen molar-refractivity contribution in [1.82, 2.24) is 0 Å². The van der Waals surface area contributed by atoms with Gasteiger partial charge in [0.05, 0.1) is 11.1 Å². The van der Waals surface area contributed by atoms with Gasteiger partial charge in [-0.2, -0.15) is 0 Å². The van der Waals surface area contributed by atoms with Crippen molar-refractivity contribution in [2.75, 3.05) is 4.90 Å². The molecule has 0 saturated heterocycles. The van der Waals surface area contributed by atoms with Gasteiger partial charge in [-0.3, -0.25) is 0 Å². The van der Waals surface area contributed by atoms with Gasteiger partial charge in [0.25, 0.3) is 0 Å². The first-order valence-corrected chi connectivity index (χ1v) is 19.6. The first kappa shape index (κ1) is 33.0. The second kappa shape index (κ2) is 13.4. The number of fused-ring (bicyclic) bond motifs is 9. The summed E-state index contributed by atoms with van der Waals surface area (Å²) in [6, 6.07) is 81.0. The van der Waals surface area contributed by atoms with Gasteiger partial charge in [-0.15, -0.1) is 0 Å². The fourth-order valence-electron chi connectivity index (χ4n) is 9.33. The lowest BCUT2D eigenvalue weighted by molar-refractivity contribution is 0.436. The largest absolute Gasteiger partial charge is 0.457 e. The van der Waals surface area contributed by atoms with Crippen LogP contribution in [0.3, 0.4) is 0 Å². The summed E-state index contributed by atoms with van der Waals surface area (Å²) in [6.07, 6.45) is 0. The van der Waals surface area contributed by atoms with Gasteiger partial charge in [0.1, 0.15) is 11.5 Å². The lowest BCUT2D eigenvalue weighted by Crippen LogP contribution is -2.32. The van der Waals surface area contributed by atoms with E-state index in [0.29, 0.717) is 0 Å². The normalized spacial score (nSPS) is 12.8. The first-order valence-electron chi connectivity index (χ1n) is 19.6. The number of hydrogen-bond acceptors (Lipinski definition) is 2. The zero-order valence-corrected chi connectivity index (χ0v) is 31.2. The highest BCUT2D eigenvalue weighted by Gasteiger charge is 2.51. The minimum absolute atomic E-state index is 0.554. The zero-order valence-electron chi connectivity index (χ0n) is 31.2. The molecule has 2 nitrogen and oxygen atoms in total. The van der Waals surface area contributed by atoms with E-state index in [4.69, 9.17) is 4.74 Å². The Balaban J connectivity index is 1.13. The maximum absolute atomic E-state index is 6.63. The maximum atomic E-state index is 6.63. The van der Waals surface area contributed by atoms with Crippen molar-refractivity contribution in [3.05, 3.63) is 247 Å². The minimum atomic E-state index is -0.554. The van der Waals surface area contributed by atoms with Crippen molar-refractivity contribution in [1.29, 1.82) is 0 Å². The third kappa shape index (κ3) is 5.18. The van der Waals surface area contributed by atoms with E-state index in [1.165, 1.54) is 55.6 Å². The van der Waals surface area contributed by atoms with E-state index in [1.54, 1.807) is 0 Å². The smallest absolute Gasteiger partial charge is 0.132 e. The molecular formula is C55H37NO. The van der Waals surface area contributed by atoms with Crippen LogP contribution in [0, 0.1) is 0 Å². The monoisotopic (exact) mass is 727 g/mol. The van der Waals surface area contributed by atoms with Gasteiger partial charge in [0.2, 0.25) is 0 Å². The molecule has 268 valence electrons. The van der Waals surface area contributed by atoms with E-state index in [2.05, 4.69) is 229 Å². The van der Waals surface area contributed by atoms with E-state index < -0.39 is 5.41 Å². The van der Waals surface area contributed by atoms with Crippen LogP contribution in [-0.2, 0) is 5.41 Å². The SMILES string of the molecule is c1ccc(-c2ccc(N(c3ccc(-c4ccccc4-c4ccccc4)cc3)c3cccc4c3-c3ccccc3C43c4ccccc4Oc4ccccc43)cc2)cc1. The Kier molecular flexibility index (Phi) is 7.75. The van der Waals surface area contributed by atoms with Gasteiger partial charge >= 0.3 is 0 Å². The van der Waals surface area contributed by atoms with Gasteiger partial charge in [-0.1, -0.05) is 182 Å². The Morgan fingerprint density at radius 3 is 1.32 bits per heavy atom. The van der Waals surface area contributed by atoms with Crippen molar-refractivity contribution >= 4 is 17.1 Å². The maximum Gasteiger partial charge on any atom is 0.132 e. The summed E-state index contributed by atoms with van der Waals surface area (Å²) in [5, 5.41) is 0. The van der Waals surface area contributed by atoms with Crippen LogP contribution in [0.25, 0.3) is 44.5 Å². The number of rotatable bonds is 6. The highest BCUT2D eigenvalue weighted by molar-refractivity contribution is 5.98. The number of nitrogens with zero attached hydrogens (tertiary/aromatic N) is 1. The van der Waals surface area contributed by atoms with Gasteiger partial charge in [0.15, 0.2) is 0 Å². The predicted octanol–water partition coefficient (Wildman–Crippen LogP) is 14.6. The summed E-state index contributed by atoms with van der Waals surface area (Å²) in [5.74, 6) is 1.79. The summed E-state index contributed by atoms with van der Waals surface area (Å²) in [7, 11) is 0. The molecule has 0 atom stereocenters. The third-order valence-corrected chi connectivity index (χ3v) is 11.8. The molecule has 0 unspecified atom stereocenters. The molecule has 2 aliphatic rings. The van der Waals surface area contributed by atoms with Gasteiger partial charge < -0.3 is 9.64 Å². The second-order valence-electron chi connectivity index (χ2n) is 14.8. The predicted molar refractivity (Wildman–Crippen MR) is 235 cm³/mol. The van der Waals surface area contributed by atoms with Crippen LogP contribution in [0.5, 0.6) is 11.5 Å². The molecule has 0 fully saturated rings. The van der Waals surface area contributed by atoms with Crippen LogP contribution < -0.4 is 9.64 Å². The van der Waals surface area contributed by atoms with Gasteiger partial charge in [-0.25, -0.2) is 0 Å². The van der Waals surface area contributed by atoms with Gasteiger partial charge in [0, 0.05) is 28.1 Å². The van der Waals surface area contributed by atoms with E-state index in [9.17, 15) is 0 Å². The molecule has 0 aromatic heterocycles. The van der Waals surface area contributed by atoms with Gasteiger partial charge in [-0.05, 0) is 92.5 Å². The van der Waals surface area contributed by atoms with Crippen molar-refractivity contribution in [3.8, 4) is 56.0 Å². The molecule has 1 heterocycles. The summed E-state index contributed by atoms with van der Waals surface area (Å²) in [6.45, 7) is 0. The van der Waals surface area contributed by atoms with Crippen molar-refractivity contribution in [2.45, 2.75) is 5.41 Å². The molecule has 57 heavy (non-hydrogen) atoms. The van der Waals surface area contributed by atoms with Crippen LogP contribution in [0.15, 0.2) is 224 Å². The van der Waals surface area contributed by atoms with E-state index in [0.717, 1.165) is 39.7 Å². The molecule has 9 aromatic rings. The lowest BCUT2D eigenvalue weighted by Gasteiger charge is -2.39. The summed E-state index contributed by atoms with van der Waals surface area (Å²) in [5.41, 5.74) is 17.2. The van der Waals surface area contributed by atoms with Crippen LogP contribution in [0.4, 0.5) is 17.1 Å². The minimum Gasteiger partial charge on any atom is -0.457 e. The van der Waals surface area contributed by atoms with E-state index in [1.807, 2.05) is 0 Å². The first-order chi connectivity index (χ1) is 28.3. The summed E-state index contributed by atoms with van der Waals surface area (Å²) in [4.78, 5) is 2.44. The van der Waals surface area contributed by atoms with Crippen molar-refractivity contribution in [3.63, 3.8) is 0 Å². The Bertz CT molecular complexity index is 2870. The van der Waals surface area contributed by atoms with Crippen LogP contribution in [-0.4, -0.2) is 0 Å². The molecule has 1 spiro atoms. The fourth-order valence-corrected chi connectivity index (χ4v) is 9.33. The Morgan fingerprint density at radius 1 is 0.298 bits per heavy atom. The third-order valence-electron chi connectivity index (χ3n) is 11.8. The van der Waals surface area contributed by atoms with Crippen LogP contribution >= 0.6 is 0 Å². The molecule has 0 amide bonds. The zero-order chi connectivity index (χ0) is 37.8. The highest BCUT2D eigenvalue weighted by Crippen LogP contribution is 2.64. The Hall–Kier alpha value is -7.42. The molecule has 1 aliphatic carbocycles. The molecule has 0 N–H and O–H groups in total.